The topological polar surface area (TPSA) is 57.7 Å². The monoisotopic (exact) mass is 400 g/mol. The average Bonchev–Trinajstić information content (AvgIpc) is 3.09. The summed E-state index contributed by atoms with van der Waals surface area (Å²) in [6, 6.07) is 8.03. The highest BCUT2D eigenvalue weighted by molar-refractivity contribution is 7.15. The van der Waals surface area contributed by atoms with Gasteiger partial charge in [0.25, 0.3) is 0 Å². The molecule has 0 saturated carbocycles. The normalized spacial score (nSPS) is 24.1. The van der Waals surface area contributed by atoms with Crippen LogP contribution in [0.4, 0.5) is 0 Å². The largest absolute Gasteiger partial charge is 0.496 e. The Balaban J connectivity index is 1.47. The summed E-state index contributed by atoms with van der Waals surface area (Å²) in [5.74, 6) is 1.05. The molecule has 2 aromatic rings. The number of nitrogens with zero attached hydrogens (tertiary/aromatic N) is 3. The van der Waals surface area contributed by atoms with E-state index >= 15 is 0 Å². The van der Waals surface area contributed by atoms with Crippen molar-refractivity contribution in [3.8, 4) is 16.3 Å². The number of carbonyl (C=O) groups is 1. The standard InChI is InChI=1S/C21H28N4O2S/c1-24-11-12-25(15-21(24)8-7-19(26)22-10-9-21)14-16-13-23-20(28-16)17-5-3-4-6-18(17)27-2/h3-6,13H,7-12,14-15H2,1-2H3,(H,22,26)/t21-/m0/s1. The molecule has 0 aliphatic carbocycles. The average molecular weight is 401 g/mol. The Labute approximate surface area is 170 Å². The molecule has 2 fully saturated rings. The summed E-state index contributed by atoms with van der Waals surface area (Å²) in [5.41, 5.74) is 1.14. The molecule has 1 atom stereocenters. The number of benzene rings is 1. The number of rotatable bonds is 4. The number of para-hydroxylation sites is 1. The van der Waals surface area contributed by atoms with Crippen molar-refractivity contribution in [2.45, 2.75) is 31.3 Å². The van der Waals surface area contributed by atoms with Crippen LogP contribution in [0, 0.1) is 0 Å². The van der Waals surface area contributed by atoms with E-state index in [9.17, 15) is 4.79 Å². The van der Waals surface area contributed by atoms with Crippen molar-refractivity contribution in [3.63, 3.8) is 0 Å². The Kier molecular flexibility index (Phi) is 5.66. The number of likely N-dealkylation sites (N-methyl/N-ethyl adjacent to an activating group) is 1. The van der Waals surface area contributed by atoms with E-state index in [1.54, 1.807) is 18.4 Å². The van der Waals surface area contributed by atoms with Gasteiger partial charge in [-0.1, -0.05) is 12.1 Å². The number of thiazole rings is 1. The molecule has 2 saturated heterocycles. The second kappa shape index (κ2) is 8.19. The van der Waals surface area contributed by atoms with Gasteiger partial charge in [0, 0.05) is 55.8 Å². The predicted molar refractivity (Wildman–Crippen MR) is 112 cm³/mol. The molecule has 0 unspecified atom stereocenters. The van der Waals surface area contributed by atoms with Crippen LogP contribution in [0.5, 0.6) is 5.75 Å². The van der Waals surface area contributed by atoms with E-state index in [4.69, 9.17) is 4.74 Å². The van der Waals surface area contributed by atoms with Crippen LogP contribution >= 0.6 is 11.3 Å². The third kappa shape index (κ3) is 3.92. The minimum absolute atomic E-state index is 0.0909. The van der Waals surface area contributed by atoms with Crippen molar-refractivity contribution in [2.75, 3.05) is 40.3 Å². The van der Waals surface area contributed by atoms with Gasteiger partial charge in [-0.15, -0.1) is 11.3 Å². The summed E-state index contributed by atoms with van der Waals surface area (Å²) in [5, 5.41) is 4.03. The molecule has 6 nitrogen and oxygen atoms in total. The molecule has 1 aromatic carbocycles. The van der Waals surface area contributed by atoms with Crippen molar-refractivity contribution >= 4 is 17.2 Å². The number of hydrogen-bond donors (Lipinski definition) is 1. The molecule has 2 aliphatic heterocycles. The van der Waals surface area contributed by atoms with Gasteiger partial charge in [-0.05, 0) is 32.0 Å². The van der Waals surface area contributed by atoms with Crippen molar-refractivity contribution in [3.05, 3.63) is 35.3 Å². The number of nitrogens with one attached hydrogen (secondary N) is 1. The maximum Gasteiger partial charge on any atom is 0.220 e. The highest BCUT2D eigenvalue weighted by Gasteiger charge is 2.40. The van der Waals surface area contributed by atoms with Gasteiger partial charge in [0.15, 0.2) is 0 Å². The van der Waals surface area contributed by atoms with Crippen molar-refractivity contribution in [1.82, 2.24) is 20.1 Å². The molecule has 0 radical (unpaired) electrons. The fraction of sp³-hybridized carbons (Fsp3) is 0.524. The van der Waals surface area contributed by atoms with Gasteiger partial charge in [0.1, 0.15) is 10.8 Å². The highest BCUT2D eigenvalue weighted by atomic mass is 32.1. The lowest BCUT2D eigenvalue weighted by Crippen LogP contribution is -2.60. The predicted octanol–water partition coefficient (Wildman–Crippen LogP) is 2.61. The van der Waals surface area contributed by atoms with E-state index in [0.29, 0.717) is 6.42 Å². The first-order chi connectivity index (χ1) is 13.6. The number of piperazine rings is 1. The molecule has 1 N–H and O–H groups in total. The second-order valence-corrected chi connectivity index (χ2v) is 8.90. The molecular weight excluding hydrogens is 372 g/mol. The number of carbonyl (C=O) groups excluding carboxylic acids is 1. The van der Waals surface area contributed by atoms with Crippen LogP contribution in [0.25, 0.3) is 10.6 Å². The zero-order chi connectivity index (χ0) is 19.6. The summed E-state index contributed by atoms with van der Waals surface area (Å²) in [7, 11) is 3.91. The first-order valence-corrected chi connectivity index (χ1v) is 10.7. The van der Waals surface area contributed by atoms with Gasteiger partial charge >= 0.3 is 0 Å². The lowest BCUT2D eigenvalue weighted by molar-refractivity contribution is -0.121. The van der Waals surface area contributed by atoms with Gasteiger partial charge in [0.2, 0.25) is 5.91 Å². The second-order valence-electron chi connectivity index (χ2n) is 7.79. The van der Waals surface area contributed by atoms with Crippen LogP contribution in [0.1, 0.15) is 24.1 Å². The molecule has 0 bridgehead atoms. The Morgan fingerprint density at radius 1 is 1.29 bits per heavy atom. The summed E-state index contributed by atoms with van der Waals surface area (Å²) in [4.78, 5) is 22.7. The van der Waals surface area contributed by atoms with Crippen LogP contribution in [-0.4, -0.2) is 66.6 Å². The number of methoxy groups -OCH3 is 1. The van der Waals surface area contributed by atoms with E-state index in [0.717, 1.165) is 61.9 Å². The quantitative estimate of drug-likeness (QED) is 0.855. The van der Waals surface area contributed by atoms with Crippen LogP contribution in [0.15, 0.2) is 30.5 Å². The minimum atomic E-state index is 0.0909. The Morgan fingerprint density at radius 3 is 3.00 bits per heavy atom. The van der Waals surface area contributed by atoms with Crippen LogP contribution in [0.3, 0.4) is 0 Å². The molecule has 150 valence electrons. The lowest BCUT2D eigenvalue weighted by Gasteiger charge is -2.49. The first kappa shape index (κ1) is 19.4. The number of hydrogen-bond acceptors (Lipinski definition) is 6. The van der Waals surface area contributed by atoms with E-state index in [1.807, 2.05) is 24.4 Å². The fourth-order valence-electron chi connectivity index (χ4n) is 4.36. The fourth-order valence-corrected chi connectivity index (χ4v) is 5.35. The van der Waals surface area contributed by atoms with Gasteiger partial charge in [-0.3, -0.25) is 14.6 Å². The Morgan fingerprint density at radius 2 is 2.14 bits per heavy atom. The third-order valence-corrected chi connectivity index (χ3v) is 7.10. The third-order valence-electron chi connectivity index (χ3n) is 6.08. The molecule has 2 aliphatic rings. The maximum atomic E-state index is 11.8. The highest BCUT2D eigenvalue weighted by Crippen LogP contribution is 2.34. The van der Waals surface area contributed by atoms with Crippen molar-refractivity contribution in [2.24, 2.45) is 0 Å². The molecule has 1 spiro atoms. The van der Waals surface area contributed by atoms with Gasteiger partial charge in [-0.2, -0.15) is 0 Å². The van der Waals surface area contributed by atoms with Crippen LogP contribution < -0.4 is 10.1 Å². The van der Waals surface area contributed by atoms with Crippen molar-refractivity contribution in [1.29, 1.82) is 0 Å². The summed E-state index contributed by atoms with van der Waals surface area (Å²) < 4.78 is 5.48. The first-order valence-electron chi connectivity index (χ1n) is 9.88. The van der Waals surface area contributed by atoms with E-state index < -0.39 is 0 Å². The summed E-state index contributed by atoms with van der Waals surface area (Å²) >= 11 is 1.74. The van der Waals surface area contributed by atoms with Gasteiger partial charge in [0.05, 0.1) is 12.7 Å². The van der Waals surface area contributed by atoms with Gasteiger partial charge in [-0.25, -0.2) is 4.98 Å². The smallest absolute Gasteiger partial charge is 0.220 e. The SMILES string of the molecule is COc1ccccc1-c1ncc(CN2CCN(C)[C@@]3(CCNC(=O)CC3)C2)s1. The molecule has 1 amide bonds. The molecule has 7 heteroatoms. The number of ether oxygens (including phenoxy) is 1. The van der Waals surface area contributed by atoms with Crippen molar-refractivity contribution < 1.29 is 9.53 Å². The molecule has 3 heterocycles. The summed E-state index contributed by atoms with van der Waals surface area (Å²) in [6.45, 7) is 4.76. The van der Waals surface area contributed by atoms with Crippen LogP contribution in [-0.2, 0) is 11.3 Å². The minimum Gasteiger partial charge on any atom is -0.496 e. The Hall–Kier alpha value is -1.96. The van der Waals surface area contributed by atoms with E-state index in [2.05, 4.69) is 33.2 Å². The van der Waals surface area contributed by atoms with E-state index in [1.165, 1.54) is 4.88 Å². The maximum absolute atomic E-state index is 11.8. The van der Waals surface area contributed by atoms with Crippen LogP contribution in [0.2, 0.25) is 0 Å². The molecular formula is C21H28N4O2S. The Bertz CT molecular complexity index is 839. The molecule has 1 aromatic heterocycles. The zero-order valence-corrected chi connectivity index (χ0v) is 17.4. The molecule has 28 heavy (non-hydrogen) atoms. The molecule has 4 rings (SSSR count). The summed E-state index contributed by atoms with van der Waals surface area (Å²) in [6.07, 6.45) is 4.56. The zero-order valence-electron chi connectivity index (χ0n) is 16.6. The number of aromatic nitrogens is 1. The number of amides is 1. The van der Waals surface area contributed by atoms with E-state index in [-0.39, 0.29) is 11.4 Å². The lowest BCUT2D eigenvalue weighted by atomic mass is 9.86. The van der Waals surface area contributed by atoms with Gasteiger partial charge < -0.3 is 10.1 Å².